The zero-order chi connectivity index (χ0) is 17.9. The number of rotatable bonds is 4. The lowest BCUT2D eigenvalue weighted by Crippen LogP contribution is -2.41. The van der Waals surface area contributed by atoms with E-state index < -0.39 is 5.41 Å². The Morgan fingerprint density at radius 1 is 0.875 bits per heavy atom. The molecule has 0 bridgehead atoms. The van der Waals surface area contributed by atoms with Crippen molar-refractivity contribution >= 4 is 34.8 Å². The van der Waals surface area contributed by atoms with E-state index in [1.807, 2.05) is 38.1 Å². The van der Waals surface area contributed by atoms with E-state index in [0.717, 1.165) is 11.1 Å². The summed E-state index contributed by atoms with van der Waals surface area (Å²) < 4.78 is 0. The summed E-state index contributed by atoms with van der Waals surface area (Å²) in [5.41, 5.74) is 1.89. The van der Waals surface area contributed by atoms with E-state index in [4.69, 9.17) is 11.6 Å². The van der Waals surface area contributed by atoms with Gasteiger partial charge >= 0.3 is 0 Å². The first-order valence-corrected chi connectivity index (χ1v) is 8.04. The minimum Gasteiger partial charge on any atom is -0.325 e. The van der Waals surface area contributed by atoms with Crippen LogP contribution >= 0.6 is 11.6 Å². The smallest absolute Gasteiger partial charge is 0.239 e. The van der Waals surface area contributed by atoms with Crippen molar-refractivity contribution in [3.8, 4) is 0 Å². The number of benzene rings is 2. The van der Waals surface area contributed by atoms with Gasteiger partial charge < -0.3 is 10.6 Å². The second-order valence-corrected chi connectivity index (χ2v) is 6.74. The van der Waals surface area contributed by atoms with E-state index in [2.05, 4.69) is 10.6 Å². The molecule has 2 amide bonds. The second-order valence-electron chi connectivity index (χ2n) is 6.31. The molecule has 4 nitrogen and oxygen atoms in total. The standard InChI is InChI=1S/C19H21ClN2O2/c1-12-7-5-6-8-15(12)21-17(23)19(3,4)18(24)22-16-10-9-14(20)11-13(16)2/h5-11H,1-4H3,(H,21,23)(H,22,24). The SMILES string of the molecule is Cc1ccccc1NC(=O)C(C)(C)C(=O)Nc1ccc(Cl)cc1C. The van der Waals surface area contributed by atoms with Gasteiger partial charge in [-0.1, -0.05) is 29.8 Å². The van der Waals surface area contributed by atoms with E-state index in [0.29, 0.717) is 16.4 Å². The molecule has 0 heterocycles. The fraction of sp³-hybridized carbons (Fsp3) is 0.263. The Morgan fingerprint density at radius 3 is 1.96 bits per heavy atom. The number of hydrogen-bond donors (Lipinski definition) is 2. The average molecular weight is 345 g/mol. The number of nitrogens with one attached hydrogen (secondary N) is 2. The van der Waals surface area contributed by atoms with Crippen LogP contribution in [-0.4, -0.2) is 11.8 Å². The summed E-state index contributed by atoms with van der Waals surface area (Å²) in [5, 5.41) is 6.22. The molecule has 0 aliphatic heterocycles. The van der Waals surface area contributed by atoms with Gasteiger partial charge in [-0.25, -0.2) is 0 Å². The maximum absolute atomic E-state index is 12.6. The van der Waals surface area contributed by atoms with Crippen molar-refractivity contribution in [2.75, 3.05) is 10.6 Å². The van der Waals surface area contributed by atoms with Crippen molar-refractivity contribution in [3.05, 3.63) is 58.6 Å². The highest BCUT2D eigenvalue weighted by Crippen LogP contribution is 2.25. The van der Waals surface area contributed by atoms with Gasteiger partial charge in [0, 0.05) is 16.4 Å². The molecule has 0 unspecified atom stereocenters. The number of aryl methyl sites for hydroxylation is 2. The molecular formula is C19H21ClN2O2. The molecular weight excluding hydrogens is 324 g/mol. The normalized spacial score (nSPS) is 11.0. The zero-order valence-electron chi connectivity index (χ0n) is 14.2. The van der Waals surface area contributed by atoms with Crippen LogP contribution in [0.15, 0.2) is 42.5 Å². The van der Waals surface area contributed by atoms with Gasteiger partial charge in [-0.3, -0.25) is 9.59 Å². The third-order valence-electron chi connectivity index (χ3n) is 3.97. The van der Waals surface area contributed by atoms with E-state index in [1.54, 1.807) is 32.0 Å². The van der Waals surface area contributed by atoms with E-state index in [-0.39, 0.29) is 11.8 Å². The van der Waals surface area contributed by atoms with Crippen molar-refractivity contribution in [1.29, 1.82) is 0 Å². The van der Waals surface area contributed by atoms with Crippen LogP contribution in [0.2, 0.25) is 5.02 Å². The lowest BCUT2D eigenvalue weighted by molar-refractivity contribution is -0.135. The molecule has 5 heteroatoms. The molecule has 0 saturated heterocycles. The molecule has 126 valence electrons. The fourth-order valence-corrected chi connectivity index (χ4v) is 2.37. The van der Waals surface area contributed by atoms with Gasteiger partial charge in [0.1, 0.15) is 5.41 Å². The van der Waals surface area contributed by atoms with Crippen LogP contribution in [0.5, 0.6) is 0 Å². The summed E-state index contributed by atoms with van der Waals surface area (Å²) in [6, 6.07) is 12.6. The molecule has 2 aromatic carbocycles. The Hall–Kier alpha value is -2.33. The predicted molar refractivity (Wildman–Crippen MR) is 98.4 cm³/mol. The molecule has 0 spiro atoms. The molecule has 0 aromatic heterocycles. The Morgan fingerprint density at radius 2 is 1.42 bits per heavy atom. The third kappa shape index (κ3) is 3.95. The number of para-hydroxylation sites is 1. The van der Waals surface area contributed by atoms with Crippen molar-refractivity contribution < 1.29 is 9.59 Å². The van der Waals surface area contributed by atoms with Gasteiger partial charge in [0.05, 0.1) is 0 Å². The largest absolute Gasteiger partial charge is 0.325 e. The molecule has 0 fully saturated rings. The first-order valence-electron chi connectivity index (χ1n) is 7.66. The Bertz CT molecular complexity index is 785. The highest BCUT2D eigenvalue weighted by molar-refractivity contribution is 6.30. The van der Waals surface area contributed by atoms with Crippen molar-refractivity contribution in [2.45, 2.75) is 27.7 Å². The Balaban J connectivity index is 2.14. The minimum absolute atomic E-state index is 0.360. The van der Waals surface area contributed by atoms with E-state index >= 15 is 0 Å². The lowest BCUT2D eigenvalue weighted by atomic mass is 9.90. The van der Waals surface area contributed by atoms with Gasteiger partial charge in [0.2, 0.25) is 11.8 Å². The third-order valence-corrected chi connectivity index (χ3v) is 4.20. The highest BCUT2D eigenvalue weighted by atomic mass is 35.5. The van der Waals surface area contributed by atoms with Crippen molar-refractivity contribution in [2.24, 2.45) is 5.41 Å². The molecule has 24 heavy (non-hydrogen) atoms. The topological polar surface area (TPSA) is 58.2 Å². The average Bonchev–Trinajstić information content (AvgIpc) is 2.52. The highest BCUT2D eigenvalue weighted by Gasteiger charge is 2.36. The number of halogens is 1. The van der Waals surface area contributed by atoms with Crippen LogP contribution in [0.4, 0.5) is 11.4 Å². The van der Waals surface area contributed by atoms with Crippen LogP contribution in [0.3, 0.4) is 0 Å². The summed E-state index contributed by atoms with van der Waals surface area (Å²) in [6.45, 7) is 6.95. The maximum Gasteiger partial charge on any atom is 0.239 e. The molecule has 2 rings (SSSR count). The Labute approximate surface area is 147 Å². The summed E-state index contributed by atoms with van der Waals surface area (Å²) in [6.07, 6.45) is 0. The van der Waals surface area contributed by atoms with Crippen LogP contribution in [-0.2, 0) is 9.59 Å². The number of hydrogen-bond acceptors (Lipinski definition) is 2. The monoisotopic (exact) mass is 344 g/mol. The van der Waals surface area contributed by atoms with Gasteiger partial charge in [0.15, 0.2) is 0 Å². The van der Waals surface area contributed by atoms with Crippen molar-refractivity contribution in [1.82, 2.24) is 0 Å². The number of carbonyl (C=O) groups excluding carboxylic acids is 2. The summed E-state index contributed by atoms with van der Waals surface area (Å²) in [7, 11) is 0. The number of anilines is 2. The summed E-state index contributed by atoms with van der Waals surface area (Å²) in [5.74, 6) is -0.736. The Kier molecular flexibility index (Phi) is 5.30. The van der Waals surface area contributed by atoms with Crippen LogP contribution in [0.25, 0.3) is 0 Å². The van der Waals surface area contributed by atoms with E-state index in [9.17, 15) is 9.59 Å². The maximum atomic E-state index is 12.6. The fourth-order valence-electron chi connectivity index (χ4n) is 2.14. The lowest BCUT2D eigenvalue weighted by Gasteiger charge is -2.23. The van der Waals surface area contributed by atoms with Crippen LogP contribution in [0, 0.1) is 19.3 Å². The van der Waals surface area contributed by atoms with Crippen LogP contribution < -0.4 is 10.6 Å². The molecule has 0 saturated carbocycles. The van der Waals surface area contributed by atoms with E-state index in [1.165, 1.54) is 0 Å². The minimum atomic E-state index is -1.23. The van der Waals surface area contributed by atoms with Crippen molar-refractivity contribution in [3.63, 3.8) is 0 Å². The first kappa shape index (κ1) is 18.0. The molecule has 0 aliphatic carbocycles. The van der Waals surface area contributed by atoms with Gasteiger partial charge in [-0.2, -0.15) is 0 Å². The molecule has 2 aromatic rings. The predicted octanol–water partition coefficient (Wildman–Crippen LogP) is 4.56. The van der Waals surface area contributed by atoms with Gasteiger partial charge in [-0.15, -0.1) is 0 Å². The molecule has 0 radical (unpaired) electrons. The summed E-state index contributed by atoms with van der Waals surface area (Å²) in [4.78, 5) is 25.1. The number of carbonyl (C=O) groups is 2. The molecule has 2 N–H and O–H groups in total. The first-order chi connectivity index (χ1) is 11.2. The quantitative estimate of drug-likeness (QED) is 0.799. The molecule has 0 atom stereocenters. The molecule has 0 aliphatic rings. The van der Waals surface area contributed by atoms with Gasteiger partial charge in [-0.05, 0) is 63.1 Å². The summed E-state index contributed by atoms with van der Waals surface area (Å²) >= 11 is 5.92. The van der Waals surface area contributed by atoms with Gasteiger partial charge in [0.25, 0.3) is 0 Å². The second kappa shape index (κ2) is 7.05. The van der Waals surface area contributed by atoms with Crippen LogP contribution in [0.1, 0.15) is 25.0 Å². The zero-order valence-corrected chi connectivity index (χ0v) is 15.0. The number of amides is 2.